The number of hydrogen-bond donors (Lipinski definition) is 2. The zero-order valence-corrected chi connectivity index (χ0v) is 12.6. The average molecular weight is 309 g/mol. The Morgan fingerprint density at radius 2 is 1.91 bits per heavy atom. The summed E-state index contributed by atoms with van der Waals surface area (Å²) in [5.41, 5.74) is 1.44. The van der Waals surface area contributed by atoms with Crippen molar-refractivity contribution >= 4 is 5.97 Å². The van der Waals surface area contributed by atoms with Crippen molar-refractivity contribution in [1.29, 1.82) is 0 Å². The van der Waals surface area contributed by atoms with Crippen LogP contribution in [0.15, 0.2) is 30.4 Å². The van der Waals surface area contributed by atoms with Gasteiger partial charge in [0.1, 0.15) is 0 Å². The van der Waals surface area contributed by atoms with Crippen molar-refractivity contribution in [3.05, 3.63) is 47.5 Å². The second-order valence-electron chi connectivity index (χ2n) is 6.01. The molecule has 0 aromatic heterocycles. The van der Waals surface area contributed by atoms with Gasteiger partial charge in [-0.25, -0.2) is 8.78 Å². The molecule has 1 aliphatic carbocycles. The molecule has 1 aromatic carbocycles. The Labute approximate surface area is 129 Å². The summed E-state index contributed by atoms with van der Waals surface area (Å²) in [5, 5.41) is 12.4. The summed E-state index contributed by atoms with van der Waals surface area (Å²) in [4.78, 5) is 11.0. The van der Waals surface area contributed by atoms with E-state index in [9.17, 15) is 13.6 Å². The summed E-state index contributed by atoms with van der Waals surface area (Å²) in [6.45, 7) is 5.75. The van der Waals surface area contributed by atoms with Crippen molar-refractivity contribution < 1.29 is 18.7 Å². The molecule has 0 radical (unpaired) electrons. The Balaban J connectivity index is 2.05. The third kappa shape index (κ3) is 3.91. The lowest BCUT2D eigenvalue weighted by molar-refractivity contribution is -0.142. The van der Waals surface area contributed by atoms with Crippen molar-refractivity contribution in [2.24, 2.45) is 5.92 Å². The van der Waals surface area contributed by atoms with Crippen LogP contribution in [0.1, 0.15) is 44.2 Å². The fraction of sp³-hybridized carbons (Fsp3) is 0.471. The maximum Gasteiger partial charge on any atom is 0.306 e. The predicted molar refractivity (Wildman–Crippen MR) is 80.4 cm³/mol. The van der Waals surface area contributed by atoms with Gasteiger partial charge in [0.15, 0.2) is 11.6 Å². The van der Waals surface area contributed by atoms with Crippen molar-refractivity contribution in [1.82, 2.24) is 5.32 Å². The molecule has 3 nitrogen and oxygen atoms in total. The van der Waals surface area contributed by atoms with Crippen molar-refractivity contribution in [3.8, 4) is 0 Å². The van der Waals surface area contributed by atoms with E-state index in [0.717, 1.165) is 24.5 Å². The van der Waals surface area contributed by atoms with E-state index in [1.807, 2.05) is 6.92 Å². The highest BCUT2D eigenvalue weighted by Crippen LogP contribution is 2.29. The standard InChI is InChI=1S/C17H21F2NO2/c1-10(2)16(12-5-8-14(18)15(19)9-12)20-13-6-3-11(4-7-13)17(21)22/h5,8-9,11,13,16,20H,1,3-4,6-7H2,2H3,(H,21,22). The van der Waals surface area contributed by atoms with Gasteiger partial charge in [-0.2, -0.15) is 0 Å². The summed E-state index contributed by atoms with van der Waals surface area (Å²) in [6, 6.07) is 3.74. The van der Waals surface area contributed by atoms with Crippen LogP contribution in [0.2, 0.25) is 0 Å². The van der Waals surface area contributed by atoms with E-state index in [1.165, 1.54) is 6.07 Å². The van der Waals surface area contributed by atoms with Gasteiger partial charge >= 0.3 is 5.97 Å². The Kier molecular flexibility index (Phi) is 5.29. The Morgan fingerprint density at radius 3 is 2.41 bits per heavy atom. The number of rotatable bonds is 5. The summed E-state index contributed by atoms with van der Waals surface area (Å²) in [6.07, 6.45) is 2.77. The maximum absolute atomic E-state index is 13.4. The summed E-state index contributed by atoms with van der Waals surface area (Å²) in [5.74, 6) is -2.76. The molecule has 0 aliphatic heterocycles. The molecule has 5 heteroatoms. The number of carboxylic acid groups (broad SMARTS) is 1. The van der Waals surface area contributed by atoms with Crippen LogP contribution >= 0.6 is 0 Å². The van der Waals surface area contributed by atoms with Crippen LogP contribution in [-0.4, -0.2) is 17.1 Å². The van der Waals surface area contributed by atoms with Gasteiger partial charge in [0.25, 0.3) is 0 Å². The SMILES string of the molecule is C=C(C)C(NC1CCC(C(=O)O)CC1)c1ccc(F)c(F)c1. The zero-order chi connectivity index (χ0) is 16.3. The lowest BCUT2D eigenvalue weighted by Gasteiger charge is -2.31. The quantitative estimate of drug-likeness (QED) is 0.813. The molecule has 1 saturated carbocycles. The van der Waals surface area contributed by atoms with Gasteiger partial charge in [0, 0.05) is 6.04 Å². The number of hydrogen-bond acceptors (Lipinski definition) is 2. The van der Waals surface area contributed by atoms with Gasteiger partial charge in [0.2, 0.25) is 0 Å². The first-order chi connectivity index (χ1) is 10.4. The molecular weight excluding hydrogens is 288 g/mol. The van der Waals surface area contributed by atoms with Gasteiger partial charge in [-0.1, -0.05) is 18.2 Å². The number of carbonyl (C=O) groups is 1. The van der Waals surface area contributed by atoms with Crippen LogP contribution in [0.5, 0.6) is 0 Å². The van der Waals surface area contributed by atoms with E-state index < -0.39 is 17.6 Å². The Bertz CT molecular complexity index is 566. The molecule has 1 fully saturated rings. The Morgan fingerprint density at radius 1 is 1.27 bits per heavy atom. The van der Waals surface area contributed by atoms with E-state index in [0.29, 0.717) is 18.4 Å². The van der Waals surface area contributed by atoms with Crippen LogP contribution in [0.25, 0.3) is 0 Å². The highest BCUT2D eigenvalue weighted by atomic mass is 19.2. The molecule has 0 heterocycles. The van der Waals surface area contributed by atoms with Crippen LogP contribution in [0.4, 0.5) is 8.78 Å². The van der Waals surface area contributed by atoms with Gasteiger partial charge < -0.3 is 10.4 Å². The molecular formula is C17H21F2NO2. The molecule has 1 unspecified atom stereocenters. The van der Waals surface area contributed by atoms with E-state index in [2.05, 4.69) is 11.9 Å². The van der Waals surface area contributed by atoms with Crippen molar-refractivity contribution in [2.75, 3.05) is 0 Å². The largest absolute Gasteiger partial charge is 0.481 e. The average Bonchev–Trinajstić information content (AvgIpc) is 2.48. The maximum atomic E-state index is 13.4. The van der Waals surface area contributed by atoms with Gasteiger partial charge in [-0.3, -0.25) is 4.79 Å². The number of halogens is 2. The molecule has 120 valence electrons. The lowest BCUT2D eigenvalue weighted by Crippen LogP contribution is -2.37. The lowest BCUT2D eigenvalue weighted by atomic mass is 9.85. The van der Waals surface area contributed by atoms with Gasteiger partial charge in [-0.15, -0.1) is 0 Å². The molecule has 1 aromatic rings. The fourth-order valence-corrected chi connectivity index (χ4v) is 2.96. The second-order valence-corrected chi connectivity index (χ2v) is 6.01. The Hall–Kier alpha value is -1.75. The van der Waals surface area contributed by atoms with Gasteiger partial charge in [-0.05, 0) is 50.3 Å². The number of aliphatic carboxylic acids is 1. The first kappa shape index (κ1) is 16.6. The second kappa shape index (κ2) is 7.01. The van der Waals surface area contributed by atoms with Crippen LogP contribution in [0, 0.1) is 17.6 Å². The molecule has 22 heavy (non-hydrogen) atoms. The van der Waals surface area contributed by atoms with E-state index >= 15 is 0 Å². The molecule has 1 aliphatic rings. The molecule has 1 atom stereocenters. The zero-order valence-electron chi connectivity index (χ0n) is 12.6. The number of nitrogens with one attached hydrogen (secondary N) is 1. The molecule has 0 amide bonds. The molecule has 0 spiro atoms. The molecule has 0 bridgehead atoms. The highest BCUT2D eigenvalue weighted by molar-refractivity contribution is 5.70. The van der Waals surface area contributed by atoms with Crippen LogP contribution in [0.3, 0.4) is 0 Å². The molecule has 2 N–H and O–H groups in total. The topological polar surface area (TPSA) is 49.3 Å². The normalized spacial score (nSPS) is 23.0. The minimum atomic E-state index is -0.875. The number of carboxylic acids is 1. The highest BCUT2D eigenvalue weighted by Gasteiger charge is 2.27. The number of benzene rings is 1. The summed E-state index contributed by atoms with van der Waals surface area (Å²) < 4.78 is 26.5. The molecule has 2 rings (SSSR count). The third-order valence-corrected chi connectivity index (χ3v) is 4.25. The smallest absolute Gasteiger partial charge is 0.306 e. The van der Waals surface area contributed by atoms with E-state index in [1.54, 1.807) is 6.07 Å². The first-order valence-corrected chi connectivity index (χ1v) is 7.47. The van der Waals surface area contributed by atoms with E-state index in [-0.39, 0.29) is 18.0 Å². The van der Waals surface area contributed by atoms with Crippen molar-refractivity contribution in [2.45, 2.75) is 44.7 Å². The van der Waals surface area contributed by atoms with Crippen LogP contribution < -0.4 is 5.32 Å². The minimum absolute atomic E-state index is 0.158. The third-order valence-electron chi connectivity index (χ3n) is 4.25. The minimum Gasteiger partial charge on any atom is -0.481 e. The van der Waals surface area contributed by atoms with Crippen LogP contribution in [-0.2, 0) is 4.79 Å². The predicted octanol–water partition coefficient (Wildman–Crippen LogP) is 3.82. The van der Waals surface area contributed by atoms with E-state index in [4.69, 9.17) is 5.11 Å². The van der Waals surface area contributed by atoms with Gasteiger partial charge in [0.05, 0.1) is 12.0 Å². The first-order valence-electron chi connectivity index (χ1n) is 7.47. The summed E-state index contributed by atoms with van der Waals surface area (Å²) >= 11 is 0. The monoisotopic (exact) mass is 309 g/mol. The fourth-order valence-electron chi connectivity index (χ4n) is 2.96. The summed E-state index contributed by atoms with van der Waals surface area (Å²) in [7, 11) is 0. The van der Waals surface area contributed by atoms with Crippen molar-refractivity contribution in [3.63, 3.8) is 0 Å². The molecule has 0 saturated heterocycles.